The largest absolute Gasteiger partial charge is 0.465 e. The van der Waals surface area contributed by atoms with Gasteiger partial charge in [-0.2, -0.15) is 5.10 Å². The van der Waals surface area contributed by atoms with Gasteiger partial charge in [-0.3, -0.25) is 0 Å². The maximum Gasteiger partial charge on any atom is 0.402 e. The van der Waals surface area contributed by atoms with E-state index in [1.807, 2.05) is 41.1 Å². The van der Waals surface area contributed by atoms with E-state index in [1.165, 1.54) is 12.7 Å². The minimum absolute atomic E-state index is 0.210. The van der Waals surface area contributed by atoms with Crippen LogP contribution in [0.25, 0.3) is 33.2 Å². The molecular weight excluding hydrogens is 489 g/mol. The van der Waals surface area contributed by atoms with Crippen LogP contribution in [0.3, 0.4) is 0 Å². The molecule has 0 saturated heterocycles. The number of anilines is 1. The third-order valence-corrected chi connectivity index (χ3v) is 6.43. The molecule has 0 aliphatic heterocycles. The van der Waals surface area contributed by atoms with Gasteiger partial charge in [-0.25, -0.2) is 28.8 Å². The Hall–Kier alpha value is -4.80. The first-order chi connectivity index (χ1) is 18.4. The van der Waals surface area contributed by atoms with Crippen LogP contribution < -0.4 is 16.2 Å². The normalized spacial score (nSPS) is 13.7. The highest BCUT2D eigenvalue weighted by Crippen LogP contribution is 2.38. The van der Waals surface area contributed by atoms with Gasteiger partial charge in [0.2, 0.25) is 5.88 Å². The van der Waals surface area contributed by atoms with Gasteiger partial charge >= 0.3 is 6.09 Å². The number of primary amides is 1. The fourth-order valence-electron chi connectivity index (χ4n) is 4.75. The van der Waals surface area contributed by atoms with Gasteiger partial charge in [0.15, 0.2) is 11.5 Å². The zero-order valence-electron chi connectivity index (χ0n) is 20.4. The highest BCUT2D eigenvalue weighted by Gasteiger charge is 2.25. The van der Waals surface area contributed by atoms with Crippen molar-refractivity contribution in [1.29, 1.82) is 0 Å². The second-order valence-corrected chi connectivity index (χ2v) is 8.94. The molecule has 0 bridgehead atoms. The Bertz CT molecular complexity index is 1600. The number of fused-ring (bicyclic) bond motifs is 2. The van der Waals surface area contributed by atoms with Gasteiger partial charge in [-0.05, 0) is 37.1 Å². The Labute approximate surface area is 217 Å². The van der Waals surface area contributed by atoms with Crippen molar-refractivity contribution in [2.75, 3.05) is 5.73 Å². The van der Waals surface area contributed by atoms with Crippen LogP contribution in [-0.2, 0) is 0 Å². The maximum atomic E-state index is 15.9. The Morgan fingerprint density at radius 2 is 1.74 bits per heavy atom. The summed E-state index contributed by atoms with van der Waals surface area (Å²) in [6.45, 7) is 0. The smallest absolute Gasteiger partial charge is 0.402 e. The number of pyridine rings is 1. The summed E-state index contributed by atoms with van der Waals surface area (Å²) < 4.78 is 23.7. The van der Waals surface area contributed by atoms with Crippen LogP contribution in [0.2, 0.25) is 0 Å². The van der Waals surface area contributed by atoms with Crippen molar-refractivity contribution in [3.8, 4) is 22.9 Å². The van der Waals surface area contributed by atoms with Crippen LogP contribution in [0.4, 0.5) is 15.0 Å². The number of carboxylic acid groups (broad SMARTS) is 1. The lowest BCUT2D eigenvalue weighted by Gasteiger charge is -2.22. The van der Waals surface area contributed by atoms with Gasteiger partial charge in [0, 0.05) is 17.0 Å². The van der Waals surface area contributed by atoms with Crippen molar-refractivity contribution in [3.05, 3.63) is 66.7 Å². The Morgan fingerprint density at radius 3 is 2.47 bits per heavy atom. The summed E-state index contributed by atoms with van der Waals surface area (Å²) in [6, 6.07) is 16.6. The predicted octanol–water partition coefficient (Wildman–Crippen LogP) is 5.68. The van der Waals surface area contributed by atoms with Gasteiger partial charge in [-0.15, -0.1) is 0 Å². The number of benzene rings is 2. The molecule has 1 fully saturated rings. The van der Waals surface area contributed by atoms with Crippen LogP contribution in [-0.4, -0.2) is 35.9 Å². The Morgan fingerprint density at radius 1 is 1.03 bits per heavy atom. The molecule has 5 N–H and O–H groups in total. The van der Waals surface area contributed by atoms with Crippen molar-refractivity contribution in [3.63, 3.8) is 0 Å². The average Bonchev–Trinajstić information content (AvgIpc) is 3.31. The summed E-state index contributed by atoms with van der Waals surface area (Å²) in [5.74, 6) is 0.758. The molecule has 10 nitrogen and oxygen atoms in total. The van der Waals surface area contributed by atoms with Crippen molar-refractivity contribution >= 4 is 33.8 Å². The van der Waals surface area contributed by atoms with Crippen LogP contribution in [0, 0.1) is 5.82 Å². The maximum absolute atomic E-state index is 15.9. The first kappa shape index (κ1) is 24.9. The topological polar surface area (TPSA) is 155 Å². The average molecular weight is 516 g/mol. The van der Waals surface area contributed by atoms with Crippen LogP contribution in [0.1, 0.15) is 38.1 Å². The number of hydrogen-bond donors (Lipinski definition) is 3. The van der Waals surface area contributed by atoms with Crippen LogP contribution in [0.15, 0.2) is 60.9 Å². The summed E-state index contributed by atoms with van der Waals surface area (Å²) in [5, 5.41) is 13.3. The number of para-hydroxylation sites is 1. The van der Waals surface area contributed by atoms with Gasteiger partial charge in [0.25, 0.3) is 0 Å². The quantitative estimate of drug-likeness (QED) is 0.276. The molecule has 0 radical (unpaired) electrons. The van der Waals surface area contributed by atoms with E-state index in [2.05, 4.69) is 20.7 Å². The van der Waals surface area contributed by atoms with Crippen LogP contribution in [0.5, 0.6) is 11.6 Å². The molecule has 1 amide bonds. The van der Waals surface area contributed by atoms with Gasteiger partial charge in [0.05, 0.1) is 11.4 Å². The fraction of sp³-hybridized carbons (Fsp3) is 0.222. The molecule has 6 rings (SSSR count). The van der Waals surface area contributed by atoms with Crippen molar-refractivity contribution < 1.29 is 19.0 Å². The third kappa shape index (κ3) is 5.03. The summed E-state index contributed by atoms with van der Waals surface area (Å²) >= 11 is 0. The standard InChI is InChI=1S/C26H23FN6O.CH3NO2/c27-22-19(13-11-16-12-14-20(31-23(16)22)34-18-9-5-2-6-10-18)24-21-25(28)29-15-30-26(21)33(32-24)17-7-3-1-4-8-17;2-1(3)4/h2,5-6,9-15,17H,1,3-4,7-8H2,(H2,28,29,30);2H2,(H,3,4). The number of nitrogens with two attached hydrogens (primary N) is 2. The number of carbonyl (C=O) groups is 1. The number of rotatable bonds is 4. The summed E-state index contributed by atoms with van der Waals surface area (Å²) in [6.07, 6.45) is 5.64. The molecule has 1 aliphatic carbocycles. The van der Waals surface area contributed by atoms with Crippen molar-refractivity contribution in [1.82, 2.24) is 24.7 Å². The zero-order valence-corrected chi connectivity index (χ0v) is 20.4. The lowest BCUT2D eigenvalue weighted by Crippen LogP contribution is -2.14. The minimum atomic E-state index is -1.33. The molecule has 0 unspecified atom stereocenters. The van der Waals surface area contributed by atoms with E-state index in [-0.39, 0.29) is 17.4 Å². The highest BCUT2D eigenvalue weighted by atomic mass is 19.1. The highest BCUT2D eigenvalue weighted by molar-refractivity contribution is 6.00. The van der Waals surface area contributed by atoms with Crippen molar-refractivity contribution in [2.45, 2.75) is 38.1 Å². The third-order valence-electron chi connectivity index (χ3n) is 6.43. The lowest BCUT2D eigenvalue weighted by molar-refractivity contribution is 0.205. The number of nitrogen functional groups attached to an aromatic ring is 1. The fourth-order valence-corrected chi connectivity index (χ4v) is 4.75. The summed E-state index contributed by atoms with van der Waals surface area (Å²) in [4.78, 5) is 21.9. The second kappa shape index (κ2) is 10.7. The number of hydrogen-bond acceptors (Lipinski definition) is 7. The van der Waals surface area contributed by atoms with E-state index in [9.17, 15) is 0 Å². The monoisotopic (exact) mass is 515 g/mol. The summed E-state index contributed by atoms with van der Waals surface area (Å²) in [7, 11) is 0. The van der Waals surface area contributed by atoms with E-state index < -0.39 is 11.9 Å². The Kier molecular flexibility index (Phi) is 6.98. The minimum Gasteiger partial charge on any atom is -0.465 e. The first-order valence-electron chi connectivity index (χ1n) is 12.2. The zero-order chi connectivity index (χ0) is 26.6. The van der Waals surface area contributed by atoms with Gasteiger partial charge < -0.3 is 21.3 Å². The lowest BCUT2D eigenvalue weighted by atomic mass is 9.96. The first-order valence-corrected chi connectivity index (χ1v) is 12.2. The van der Waals surface area contributed by atoms with Gasteiger partial charge in [-0.1, -0.05) is 43.5 Å². The van der Waals surface area contributed by atoms with E-state index in [4.69, 9.17) is 25.5 Å². The van der Waals surface area contributed by atoms with Gasteiger partial charge in [0.1, 0.15) is 29.1 Å². The molecule has 11 heteroatoms. The number of nitrogens with zero attached hydrogens (tertiary/aromatic N) is 5. The number of halogens is 1. The Balaban J connectivity index is 0.000000689. The van der Waals surface area contributed by atoms with E-state index in [0.29, 0.717) is 39.3 Å². The SMILES string of the molecule is NC(=O)O.Nc1ncnc2c1c(-c1ccc3ccc(Oc4ccccc4)nc3c1F)nn2C1CCCCC1. The second-order valence-electron chi connectivity index (χ2n) is 8.94. The molecule has 3 aromatic heterocycles. The summed E-state index contributed by atoms with van der Waals surface area (Å²) in [5.41, 5.74) is 11.9. The number of aromatic nitrogens is 5. The molecule has 0 atom stereocenters. The molecule has 38 heavy (non-hydrogen) atoms. The van der Waals surface area contributed by atoms with Crippen LogP contribution >= 0.6 is 0 Å². The predicted molar refractivity (Wildman–Crippen MR) is 141 cm³/mol. The molecule has 1 saturated carbocycles. The van der Waals surface area contributed by atoms with E-state index in [1.54, 1.807) is 18.2 Å². The number of ether oxygens (including phenoxy) is 1. The molecule has 194 valence electrons. The van der Waals surface area contributed by atoms with E-state index in [0.717, 1.165) is 25.7 Å². The molecule has 1 aliphatic rings. The number of amides is 1. The van der Waals surface area contributed by atoms with Crippen molar-refractivity contribution in [2.24, 2.45) is 5.73 Å². The molecule has 2 aromatic carbocycles. The molecule has 0 spiro atoms. The van der Waals surface area contributed by atoms with E-state index >= 15 is 4.39 Å². The molecule has 3 heterocycles. The molecular formula is C27H26FN7O3. The molecule has 5 aromatic rings.